The maximum atomic E-state index is 14.4. The van der Waals surface area contributed by atoms with E-state index in [0.717, 1.165) is 43.3 Å². The van der Waals surface area contributed by atoms with Crippen molar-refractivity contribution in [1.82, 2.24) is 87.2 Å². The predicted octanol–water partition coefficient (Wildman–Crippen LogP) is -3.03. The third-order valence-corrected chi connectivity index (χ3v) is 24.7. The number of nitrogens with two attached hydrogens (primary N) is 5. The summed E-state index contributed by atoms with van der Waals surface area (Å²) in [5.41, 5.74) is 23.6. The van der Waals surface area contributed by atoms with Crippen molar-refractivity contribution in [2.75, 3.05) is 68.3 Å². The zero-order valence-corrected chi connectivity index (χ0v) is 66.0. The van der Waals surface area contributed by atoms with Crippen molar-refractivity contribution < 1.29 is 131 Å². The van der Waals surface area contributed by atoms with Crippen LogP contribution in [0.4, 0.5) is 29.4 Å². The zero-order valence-electron chi connectivity index (χ0n) is 61.6. The molecule has 15 rings (SSSR count). The molecule has 9 aromatic rings. The van der Waals surface area contributed by atoms with Gasteiger partial charge in [-0.05, 0) is 19.1 Å². The Morgan fingerprint density at radius 3 is 1.17 bits per heavy atom. The summed E-state index contributed by atoms with van der Waals surface area (Å²) in [7, 11) is -27.5. The Balaban J connectivity index is 0.632. The second-order valence-electron chi connectivity index (χ2n) is 27.7. The number of aromatic nitrogens is 18. The molecule has 0 aliphatic carbocycles. The Bertz CT molecular complexity index is 6010. The van der Waals surface area contributed by atoms with Gasteiger partial charge >= 0.3 is 56.2 Å². The lowest BCUT2D eigenvalue weighted by Gasteiger charge is -2.26. The van der Waals surface area contributed by atoms with Gasteiger partial charge in [0.2, 0.25) is 11.9 Å². The molecule has 23 atom stereocenters. The highest BCUT2D eigenvalue weighted by Gasteiger charge is 2.52. The highest BCUT2D eigenvalue weighted by molar-refractivity contribution is 7.48. The van der Waals surface area contributed by atoms with Crippen molar-refractivity contribution in [3.8, 4) is 0 Å². The van der Waals surface area contributed by atoms with E-state index in [1.165, 1.54) is 47.0 Å². The summed E-state index contributed by atoms with van der Waals surface area (Å²) in [6.45, 7) is -4.54. The van der Waals surface area contributed by atoms with Crippen molar-refractivity contribution in [1.29, 1.82) is 0 Å². The molecule has 5 unspecified atom stereocenters. The van der Waals surface area contributed by atoms with Gasteiger partial charge in [0.25, 0.3) is 16.7 Å². The molecule has 0 radical (unpaired) electrons. The maximum absolute atomic E-state index is 14.4. The summed E-state index contributed by atoms with van der Waals surface area (Å²) in [4.78, 5) is 177. The van der Waals surface area contributed by atoms with Crippen LogP contribution in [0.25, 0.3) is 33.5 Å². The number of nitrogens with zero attached hydrogens (tertiary/aromatic N) is 15. The van der Waals surface area contributed by atoms with Crippen LogP contribution in [0.15, 0.2) is 84.8 Å². The van der Waals surface area contributed by atoms with Gasteiger partial charge in [0, 0.05) is 62.7 Å². The van der Waals surface area contributed by atoms with Crippen molar-refractivity contribution in [3.63, 3.8) is 0 Å². The molecule has 9 aromatic heterocycles. The summed E-state index contributed by atoms with van der Waals surface area (Å²) in [6, 6.07) is 2.40. The number of rotatable bonds is 32. The van der Waals surface area contributed by atoms with Crippen molar-refractivity contribution in [2.45, 2.75) is 156 Å². The average Bonchev–Trinajstić information content (AvgIpc) is 1.63. The number of ether oxygens (including phenoxy) is 6. The smallest absolute Gasteiger partial charge is 0.394 e. The fourth-order valence-electron chi connectivity index (χ4n) is 14.0. The summed E-state index contributed by atoms with van der Waals surface area (Å²) in [5, 5.41) is 21.2. The molecule has 0 spiro atoms. The SMILES string of the molecule is Cc1cn([C@H]2C[C@H](OP(=O)(O)OC[C@H]3O[C@@H](n4cnc5c(=O)[nH]c(N)nc54)C[C@@H]3OP(=O)(O)OC[C@H]3O[C@@H](n4ccc(N)nc4=O)C[C@@H]3OP(=O)(O)OC[C@H]3O[C@@H](n4cnc5c(=O)[nH]c(N)nc54)C[C@@H]3OP(=O)(O)OC[C@H]3O[C@@H](n4ccc(N)nc4=O)C[C@@H]3OP(=O)(O)OC[C@H]3O[C@@H](n4cnc5c(N)ncnc54)C[C@@H]3O)[C@@H](CO)O2)c(=O)[nH]c1=O. The van der Waals surface area contributed by atoms with Gasteiger partial charge in [0.05, 0.1) is 64.7 Å². The fourth-order valence-corrected chi connectivity index (χ4v) is 18.8. The van der Waals surface area contributed by atoms with Gasteiger partial charge < -0.3 is 91.8 Å². The Hall–Kier alpha value is -9.08. The van der Waals surface area contributed by atoms with E-state index < -0.39 is 255 Å². The standard InChI is InChI=1S/C58H74N23O34P5/c1-23-12-78(58(89)75-51(23)84)41-7-25(30(13-82)105-41)111-117(92,93)101-17-34-28(10-42(109-34)80-21-67-45-49(80)71-54(62)73-52(45)85)114-120(98,99)103-16-33-27(9-40(108-33)77-5-3-37(60)70-57(77)88)113-118(94,95)104-18-35-29(11-43(110-35)81-22-68-46-50(81)72-55(63)74-53(46)86)115-119(96,97)102-15-32-26(8-39(107-32)76-4-2-36(59)69-56(76)87)112-116(90,91)100-14-31-24(83)6-38(106-31)79-20-66-44-47(61)64-19-65-48(44)79/h2-5,12,19-22,24-35,38-43,82-83H,6-11,13-18H2,1H3,(H,90,91)(H,92,93)(H,94,95)(H,96,97)(H,98,99)(H2,59,69,87)(H2,60,70,88)(H2,61,64,65)(H,75,84,89)(H3,62,71,73,85)(H3,63,72,74,86)/t24-,25-,26-,27-,28-,29-,30+,31+,32+,33+,34+,35+,38+,39+,40+,41+,42+,43+/m0/s1. The number of fused-ring (bicyclic) bond motifs is 3. The number of hydrogen-bond acceptors (Lipinski definition) is 43. The average molecular weight is 1790 g/mol. The van der Waals surface area contributed by atoms with Crippen molar-refractivity contribution in [2.24, 2.45) is 0 Å². The molecule has 120 heavy (non-hydrogen) atoms. The minimum atomic E-state index is -5.65. The Kier molecular flexibility index (Phi) is 24.3. The minimum absolute atomic E-state index is 0.0642. The second-order valence-corrected chi connectivity index (χ2v) is 34.7. The Labute approximate surface area is 666 Å². The number of phosphoric acid groups is 5. The van der Waals surface area contributed by atoms with Gasteiger partial charge in [-0.3, -0.25) is 102 Å². The summed E-state index contributed by atoms with van der Waals surface area (Å²) in [6.07, 6.45) is -21.6. The van der Waals surface area contributed by atoms with Gasteiger partial charge in [-0.2, -0.15) is 19.9 Å². The topological polar surface area (TPSA) is 800 Å². The lowest BCUT2D eigenvalue weighted by Crippen LogP contribution is -2.33. The quantitative estimate of drug-likeness (QED) is 0.0186. The van der Waals surface area contributed by atoms with E-state index in [4.69, 9.17) is 102 Å². The molecule has 6 aliphatic rings. The predicted molar refractivity (Wildman–Crippen MR) is 394 cm³/mol. The van der Waals surface area contributed by atoms with Crippen LogP contribution in [-0.4, -0.2) is 235 Å². The van der Waals surface area contributed by atoms with Gasteiger partial charge in [-0.25, -0.2) is 62.1 Å². The van der Waals surface area contributed by atoms with E-state index in [2.05, 4.69) is 59.8 Å². The highest BCUT2D eigenvalue weighted by atomic mass is 31.2. The first kappa shape index (κ1) is 85.9. The van der Waals surface area contributed by atoms with E-state index in [1.54, 1.807) is 0 Å². The number of aliphatic hydroxyl groups excluding tert-OH is 2. The van der Waals surface area contributed by atoms with Crippen LogP contribution in [0.3, 0.4) is 0 Å². The number of nitrogens with one attached hydrogen (secondary N) is 3. The van der Waals surface area contributed by atoms with Crippen LogP contribution >= 0.6 is 39.1 Å². The van der Waals surface area contributed by atoms with E-state index in [1.807, 2.05) is 0 Å². The minimum Gasteiger partial charge on any atom is -0.394 e. The number of aromatic amines is 3. The fraction of sp³-hybridized carbons (Fsp3) is 0.534. The van der Waals surface area contributed by atoms with Crippen LogP contribution < -0.4 is 62.4 Å². The largest absolute Gasteiger partial charge is 0.472 e. The Morgan fingerprint density at radius 2 is 0.767 bits per heavy atom. The second kappa shape index (κ2) is 34.0. The van der Waals surface area contributed by atoms with Gasteiger partial charge in [-0.15, -0.1) is 0 Å². The molecule has 6 aliphatic heterocycles. The molecule has 0 bridgehead atoms. The number of H-pyrrole nitrogens is 3. The zero-order chi connectivity index (χ0) is 85.4. The lowest BCUT2D eigenvalue weighted by molar-refractivity contribution is -0.0648. The number of hydrogen-bond donors (Lipinski definition) is 15. The molecule has 62 heteroatoms. The molecule has 0 saturated carbocycles. The summed E-state index contributed by atoms with van der Waals surface area (Å²) in [5.74, 6) is -1.15. The van der Waals surface area contributed by atoms with Gasteiger partial charge in [0.1, 0.15) is 128 Å². The highest BCUT2D eigenvalue weighted by Crippen LogP contribution is 2.56. The third kappa shape index (κ3) is 18.9. The first-order chi connectivity index (χ1) is 56.8. The number of phosphoric ester groups is 5. The van der Waals surface area contributed by atoms with Crippen LogP contribution in [0.1, 0.15) is 81.5 Å². The lowest BCUT2D eigenvalue weighted by atomic mass is 10.2. The summed E-state index contributed by atoms with van der Waals surface area (Å²) >= 11 is 0. The monoisotopic (exact) mass is 1790 g/mol. The van der Waals surface area contributed by atoms with Crippen LogP contribution in [0.5, 0.6) is 0 Å². The van der Waals surface area contributed by atoms with E-state index in [-0.39, 0.29) is 75.3 Å². The summed E-state index contributed by atoms with van der Waals surface area (Å²) < 4.78 is 168. The molecule has 57 nitrogen and oxygen atoms in total. The molecule has 650 valence electrons. The third-order valence-electron chi connectivity index (χ3n) is 19.6. The van der Waals surface area contributed by atoms with Gasteiger partial charge in [0.15, 0.2) is 33.8 Å². The number of imidazole rings is 3. The Morgan fingerprint density at radius 1 is 0.425 bits per heavy atom. The van der Waals surface area contributed by atoms with E-state index >= 15 is 0 Å². The van der Waals surface area contributed by atoms with Crippen molar-refractivity contribution in [3.05, 3.63) is 124 Å². The molecule has 15 heterocycles. The van der Waals surface area contributed by atoms with Gasteiger partial charge in [-0.1, -0.05) is 0 Å². The molecular weight excluding hydrogens is 1720 g/mol. The first-order valence-electron chi connectivity index (χ1n) is 35.7. The number of aryl methyl sites for hydroxylation is 1. The van der Waals surface area contributed by atoms with Crippen LogP contribution in [0.2, 0.25) is 0 Å². The molecule has 20 N–H and O–H groups in total. The van der Waals surface area contributed by atoms with Crippen LogP contribution in [-0.2, 0) is 96.5 Å². The van der Waals surface area contributed by atoms with Crippen molar-refractivity contribution >= 4 is 102 Å². The molecule has 0 aromatic carbocycles. The normalized spacial score (nSPS) is 29.7. The number of nitrogen functional groups attached to an aromatic ring is 5. The van der Waals surface area contributed by atoms with E-state index in [9.17, 15) is 86.3 Å². The molecular formula is C58H74N23O34P5. The molecule has 0 amide bonds. The molecule has 6 saturated heterocycles. The number of anilines is 5. The molecule has 6 fully saturated rings. The first-order valence-corrected chi connectivity index (χ1v) is 43.2. The maximum Gasteiger partial charge on any atom is 0.472 e. The van der Waals surface area contributed by atoms with E-state index in [0.29, 0.717) is 0 Å². The number of aliphatic hydroxyl groups is 2. The van der Waals surface area contributed by atoms with Crippen LogP contribution in [0, 0.1) is 6.92 Å².